The van der Waals surface area contributed by atoms with Gasteiger partial charge in [0.15, 0.2) is 17.2 Å². The van der Waals surface area contributed by atoms with Gasteiger partial charge in [0.05, 0.1) is 19.9 Å². The molecule has 1 amide bonds. The van der Waals surface area contributed by atoms with Crippen molar-refractivity contribution in [2.45, 2.75) is 11.8 Å². The minimum Gasteiger partial charge on any atom is -0.493 e. The SMILES string of the molecule is CCOc1cc(C(=O)N/N=C/c2cc(Br)ccc2OS(=O)(=O)c2ccccc2)ccc1OC. The van der Waals surface area contributed by atoms with Crippen LogP contribution < -0.4 is 19.1 Å². The summed E-state index contributed by atoms with van der Waals surface area (Å²) < 4.78 is 41.8. The van der Waals surface area contributed by atoms with Crippen LogP contribution in [0.2, 0.25) is 0 Å². The molecule has 0 spiro atoms. The molecule has 0 heterocycles. The first-order valence-corrected chi connectivity index (χ1v) is 12.0. The third kappa shape index (κ3) is 6.33. The van der Waals surface area contributed by atoms with Gasteiger partial charge in [0.25, 0.3) is 5.91 Å². The van der Waals surface area contributed by atoms with Gasteiger partial charge in [-0.3, -0.25) is 4.79 Å². The number of amides is 1. The van der Waals surface area contributed by atoms with Gasteiger partial charge >= 0.3 is 10.1 Å². The van der Waals surface area contributed by atoms with E-state index in [1.54, 1.807) is 48.5 Å². The van der Waals surface area contributed by atoms with Crippen LogP contribution >= 0.6 is 15.9 Å². The second-order valence-corrected chi connectivity index (χ2v) is 8.99. The summed E-state index contributed by atoms with van der Waals surface area (Å²) in [6.45, 7) is 2.24. The molecule has 10 heteroatoms. The highest BCUT2D eigenvalue weighted by molar-refractivity contribution is 9.10. The van der Waals surface area contributed by atoms with E-state index in [-0.39, 0.29) is 10.6 Å². The van der Waals surface area contributed by atoms with Crippen molar-refractivity contribution < 1.29 is 26.9 Å². The highest BCUT2D eigenvalue weighted by Crippen LogP contribution is 2.28. The Hall–Kier alpha value is -3.37. The second-order valence-electron chi connectivity index (χ2n) is 6.53. The number of rotatable bonds is 9. The Bertz CT molecular complexity index is 1260. The first-order valence-electron chi connectivity index (χ1n) is 9.77. The summed E-state index contributed by atoms with van der Waals surface area (Å²) in [7, 11) is -2.53. The van der Waals surface area contributed by atoms with Crippen LogP contribution in [-0.2, 0) is 10.1 Å². The maximum absolute atomic E-state index is 12.6. The fourth-order valence-corrected chi connectivity index (χ4v) is 4.11. The maximum Gasteiger partial charge on any atom is 0.339 e. The van der Waals surface area contributed by atoms with Crippen molar-refractivity contribution in [2.24, 2.45) is 5.10 Å². The fraction of sp³-hybridized carbons (Fsp3) is 0.130. The Morgan fingerprint density at radius 1 is 1.03 bits per heavy atom. The van der Waals surface area contributed by atoms with Crippen molar-refractivity contribution in [1.82, 2.24) is 5.43 Å². The average molecular weight is 533 g/mol. The predicted molar refractivity (Wildman–Crippen MR) is 128 cm³/mol. The zero-order valence-corrected chi connectivity index (χ0v) is 20.2. The van der Waals surface area contributed by atoms with Crippen molar-refractivity contribution in [3.8, 4) is 17.2 Å². The topological polar surface area (TPSA) is 103 Å². The molecule has 0 unspecified atom stereocenters. The number of ether oxygens (including phenoxy) is 2. The van der Waals surface area contributed by atoms with Crippen molar-refractivity contribution in [1.29, 1.82) is 0 Å². The van der Waals surface area contributed by atoms with Crippen molar-refractivity contribution in [2.75, 3.05) is 13.7 Å². The molecular formula is C23H21BrN2O6S. The number of nitrogens with one attached hydrogen (secondary N) is 1. The molecule has 0 saturated heterocycles. The zero-order valence-electron chi connectivity index (χ0n) is 17.8. The van der Waals surface area contributed by atoms with Gasteiger partial charge in [-0.05, 0) is 55.5 Å². The predicted octanol–water partition coefficient (Wildman–Crippen LogP) is 4.39. The molecule has 3 rings (SSSR count). The highest BCUT2D eigenvalue weighted by Gasteiger charge is 2.18. The van der Waals surface area contributed by atoms with E-state index in [4.69, 9.17) is 13.7 Å². The lowest BCUT2D eigenvalue weighted by molar-refractivity contribution is 0.0954. The standard InChI is InChI=1S/C23H21BrN2O6S/c1-3-31-22-14-16(9-11-21(22)30-2)23(27)26-25-15-17-13-18(24)10-12-20(17)32-33(28,29)19-7-5-4-6-8-19/h4-15H,3H2,1-2H3,(H,26,27)/b25-15+. The minimum absolute atomic E-state index is 0.0220. The lowest BCUT2D eigenvalue weighted by atomic mass is 10.2. The number of hydrogen-bond donors (Lipinski definition) is 1. The molecule has 33 heavy (non-hydrogen) atoms. The summed E-state index contributed by atoms with van der Waals surface area (Å²) in [6.07, 6.45) is 1.30. The van der Waals surface area contributed by atoms with Gasteiger partial charge in [-0.2, -0.15) is 13.5 Å². The molecule has 0 aliphatic heterocycles. The first kappa shape index (κ1) is 24.3. The van der Waals surface area contributed by atoms with Gasteiger partial charge < -0.3 is 13.7 Å². The van der Waals surface area contributed by atoms with E-state index in [0.717, 1.165) is 0 Å². The molecule has 3 aromatic rings. The van der Waals surface area contributed by atoms with Gasteiger partial charge in [-0.1, -0.05) is 34.1 Å². The van der Waals surface area contributed by atoms with Crippen LogP contribution in [0.4, 0.5) is 0 Å². The zero-order chi connectivity index (χ0) is 23.8. The summed E-state index contributed by atoms with van der Waals surface area (Å²) in [5.41, 5.74) is 3.06. The number of halogens is 1. The quantitative estimate of drug-likeness (QED) is 0.249. The lowest BCUT2D eigenvalue weighted by Crippen LogP contribution is -2.18. The van der Waals surface area contributed by atoms with Crippen LogP contribution in [0.5, 0.6) is 17.2 Å². The molecular weight excluding hydrogens is 512 g/mol. The molecule has 0 radical (unpaired) electrons. The van der Waals surface area contributed by atoms with Gasteiger partial charge in [-0.15, -0.1) is 0 Å². The summed E-state index contributed by atoms with van der Waals surface area (Å²) in [6, 6.07) is 17.3. The summed E-state index contributed by atoms with van der Waals surface area (Å²) in [4.78, 5) is 12.5. The molecule has 0 aliphatic rings. The van der Waals surface area contributed by atoms with E-state index in [0.29, 0.717) is 33.7 Å². The van der Waals surface area contributed by atoms with E-state index in [1.165, 1.54) is 31.5 Å². The molecule has 0 saturated carbocycles. The average Bonchev–Trinajstić information content (AvgIpc) is 2.81. The molecule has 0 aromatic heterocycles. The number of carbonyl (C=O) groups is 1. The summed E-state index contributed by atoms with van der Waals surface area (Å²) >= 11 is 3.33. The van der Waals surface area contributed by atoms with Crippen LogP contribution in [0.1, 0.15) is 22.8 Å². The highest BCUT2D eigenvalue weighted by atomic mass is 79.9. The van der Waals surface area contributed by atoms with Crippen molar-refractivity contribution in [3.63, 3.8) is 0 Å². The van der Waals surface area contributed by atoms with Crippen LogP contribution in [0, 0.1) is 0 Å². The number of benzene rings is 3. The monoisotopic (exact) mass is 532 g/mol. The Morgan fingerprint density at radius 3 is 2.45 bits per heavy atom. The third-order valence-electron chi connectivity index (χ3n) is 4.30. The molecule has 1 N–H and O–H groups in total. The van der Waals surface area contributed by atoms with Gasteiger partial charge in [0.1, 0.15) is 4.90 Å². The molecule has 0 bridgehead atoms. The van der Waals surface area contributed by atoms with Gasteiger partial charge in [0, 0.05) is 15.6 Å². The molecule has 8 nitrogen and oxygen atoms in total. The Morgan fingerprint density at radius 2 is 1.76 bits per heavy atom. The normalized spacial score (nSPS) is 11.2. The van der Waals surface area contributed by atoms with Crippen LogP contribution in [0.25, 0.3) is 0 Å². The van der Waals surface area contributed by atoms with Crippen LogP contribution in [0.3, 0.4) is 0 Å². The number of hydrogen-bond acceptors (Lipinski definition) is 7. The largest absolute Gasteiger partial charge is 0.493 e. The maximum atomic E-state index is 12.6. The lowest BCUT2D eigenvalue weighted by Gasteiger charge is -2.11. The minimum atomic E-state index is -4.04. The molecule has 0 atom stereocenters. The van der Waals surface area contributed by atoms with E-state index in [2.05, 4.69) is 26.5 Å². The molecule has 0 aliphatic carbocycles. The number of carbonyl (C=O) groups excluding carboxylic acids is 1. The van der Waals surface area contributed by atoms with E-state index >= 15 is 0 Å². The third-order valence-corrected chi connectivity index (χ3v) is 6.04. The Labute approximate surface area is 200 Å². The van der Waals surface area contributed by atoms with Crippen LogP contribution in [0.15, 0.2) is 81.2 Å². The number of nitrogens with zero attached hydrogens (tertiary/aromatic N) is 1. The first-order chi connectivity index (χ1) is 15.8. The Balaban J connectivity index is 1.78. The van der Waals surface area contributed by atoms with Crippen LogP contribution in [-0.4, -0.2) is 34.3 Å². The molecule has 0 fully saturated rings. The van der Waals surface area contributed by atoms with Gasteiger partial charge in [0.2, 0.25) is 0 Å². The smallest absolute Gasteiger partial charge is 0.339 e. The number of hydrazone groups is 1. The second kappa shape index (κ2) is 11.0. The van der Waals surface area contributed by atoms with Crippen molar-refractivity contribution in [3.05, 3.63) is 82.3 Å². The summed E-state index contributed by atoms with van der Waals surface area (Å²) in [5.74, 6) is 0.519. The van der Waals surface area contributed by atoms with Gasteiger partial charge in [-0.25, -0.2) is 5.43 Å². The Kier molecular flexibility index (Phi) is 8.07. The number of methoxy groups -OCH3 is 1. The van der Waals surface area contributed by atoms with E-state index < -0.39 is 16.0 Å². The summed E-state index contributed by atoms with van der Waals surface area (Å²) in [5, 5.41) is 3.95. The molecule has 172 valence electrons. The molecule has 3 aromatic carbocycles. The van der Waals surface area contributed by atoms with E-state index in [1.807, 2.05) is 6.92 Å². The van der Waals surface area contributed by atoms with Crippen molar-refractivity contribution >= 4 is 38.2 Å². The van der Waals surface area contributed by atoms with E-state index in [9.17, 15) is 13.2 Å². The fourth-order valence-electron chi connectivity index (χ4n) is 2.76.